The molecule has 23 heavy (non-hydrogen) atoms. The first-order valence-electron chi connectivity index (χ1n) is 7.94. The normalized spacial score (nSPS) is 39.2. The van der Waals surface area contributed by atoms with Gasteiger partial charge in [0, 0.05) is 18.0 Å². The fourth-order valence-corrected chi connectivity index (χ4v) is 4.74. The molecule has 1 aliphatic heterocycles. The molecule has 6 heteroatoms. The number of carbonyl (C=O) groups is 3. The molecule has 0 radical (unpaired) electrons. The largest absolute Gasteiger partial charge is 0.272 e. The SMILES string of the molecule is O=C(NN1C(=O)[C@@H]2[C@@H]3C=C[C@H]([C@H]4C[C@@H]34)[C@@H]2C1=O)c1ccncc1. The lowest BCUT2D eigenvalue weighted by Gasteiger charge is -2.37. The van der Waals surface area contributed by atoms with Gasteiger partial charge in [-0.15, -0.1) is 0 Å². The summed E-state index contributed by atoms with van der Waals surface area (Å²) in [6.07, 6.45) is 8.35. The predicted molar refractivity (Wildman–Crippen MR) is 78.3 cm³/mol. The highest BCUT2D eigenvalue weighted by molar-refractivity contribution is 6.08. The van der Waals surface area contributed by atoms with Crippen LogP contribution in [-0.2, 0) is 9.59 Å². The number of rotatable bonds is 2. The van der Waals surface area contributed by atoms with Gasteiger partial charge >= 0.3 is 0 Å². The second-order valence-corrected chi connectivity index (χ2v) is 6.84. The maximum absolute atomic E-state index is 12.7. The van der Waals surface area contributed by atoms with Crippen LogP contribution in [0.15, 0.2) is 36.7 Å². The Bertz CT molecular complexity index is 724. The molecule has 116 valence electrons. The lowest BCUT2D eigenvalue weighted by molar-refractivity contribution is -0.143. The summed E-state index contributed by atoms with van der Waals surface area (Å²) < 4.78 is 0. The van der Waals surface area contributed by atoms with Gasteiger partial charge in [-0.3, -0.25) is 24.8 Å². The zero-order chi connectivity index (χ0) is 15.7. The van der Waals surface area contributed by atoms with E-state index in [1.54, 1.807) is 12.1 Å². The maximum Gasteiger partial charge on any atom is 0.270 e. The maximum atomic E-state index is 12.7. The molecular formula is C17H15N3O3. The first kappa shape index (κ1) is 13.0. The molecule has 1 aromatic rings. The Kier molecular flexibility index (Phi) is 2.42. The van der Waals surface area contributed by atoms with E-state index in [9.17, 15) is 14.4 Å². The highest BCUT2D eigenvalue weighted by Gasteiger charge is 2.67. The second-order valence-electron chi connectivity index (χ2n) is 6.84. The highest BCUT2D eigenvalue weighted by Crippen LogP contribution is 2.65. The van der Waals surface area contributed by atoms with Crippen LogP contribution in [0.5, 0.6) is 0 Å². The summed E-state index contributed by atoms with van der Waals surface area (Å²) in [5.74, 6) is -0.128. The van der Waals surface area contributed by atoms with Gasteiger partial charge in [0.2, 0.25) is 0 Å². The minimum atomic E-state index is -0.460. The minimum absolute atomic E-state index is 0.161. The van der Waals surface area contributed by atoms with Gasteiger partial charge in [-0.05, 0) is 42.2 Å². The van der Waals surface area contributed by atoms with E-state index in [-0.39, 0.29) is 35.5 Å². The standard InChI is InChI=1S/C17H15N3O3/c21-15(8-3-5-18-6-4-8)19-20-16(22)13-9-1-2-10(12-7-11(9)12)14(13)17(20)23/h1-6,9-14H,7H2,(H,19,21)/t9-,10-,11-,12+,13+,14-/m1/s1. The molecule has 1 saturated heterocycles. The zero-order valence-corrected chi connectivity index (χ0v) is 12.3. The van der Waals surface area contributed by atoms with Crippen LogP contribution >= 0.6 is 0 Å². The zero-order valence-electron chi connectivity index (χ0n) is 12.3. The number of hydrogen-bond acceptors (Lipinski definition) is 4. The number of allylic oxidation sites excluding steroid dienone is 2. The van der Waals surface area contributed by atoms with Crippen molar-refractivity contribution < 1.29 is 14.4 Å². The van der Waals surface area contributed by atoms with Crippen LogP contribution in [0, 0.1) is 35.5 Å². The van der Waals surface area contributed by atoms with Crippen LogP contribution in [0.2, 0.25) is 0 Å². The van der Waals surface area contributed by atoms with Crippen LogP contribution < -0.4 is 5.43 Å². The number of aromatic nitrogens is 1. The third-order valence-corrected chi connectivity index (χ3v) is 5.82. The summed E-state index contributed by atoms with van der Waals surface area (Å²) in [6.45, 7) is 0. The fourth-order valence-electron chi connectivity index (χ4n) is 4.74. The third-order valence-electron chi connectivity index (χ3n) is 5.82. The molecule has 0 spiro atoms. The van der Waals surface area contributed by atoms with E-state index in [0.29, 0.717) is 17.4 Å². The van der Waals surface area contributed by atoms with Crippen LogP contribution in [0.1, 0.15) is 16.8 Å². The van der Waals surface area contributed by atoms with Crippen LogP contribution in [-0.4, -0.2) is 27.7 Å². The Balaban J connectivity index is 1.42. The molecule has 3 amide bonds. The molecule has 0 unspecified atom stereocenters. The fraction of sp³-hybridized carbons (Fsp3) is 0.412. The smallest absolute Gasteiger partial charge is 0.270 e. The van der Waals surface area contributed by atoms with Gasteiger partial charge in [0.15, 0.2) is 0 Å². The summed E-state index contributed by atoms with van der Waals surface area (Å²) in [6, 6.07) is 3.10. The van der Waals surface area contributed by atoms with Crippen molar-refractivity contribution in [1.29, 1.82) is 0 Å². The molecule has 2 bridgehead atoms. The molecule has 6 atom stereocenters. The van der Waals surface area contributed by atoms with E-state index in [1.165, 1.54) is 12.4 Å². The highest BCUT2D eigenvalue weighted by atomic mass is 16.2. The Morgan fingerprint density at radius 2 is 1.61 bits per heavy atom. The van der Waals surface area contributed by atoms with Crippen LogP contribution in [0.3, 0.4) is 0 Å². The van der Waals surface area contributed by atoms with E-state index in [0.717, 1.165) is 11.4 Å². The molecule has 1 N–H and O–H groups in total. The number of amides is 3. The number of hydrazine groups is 1. The van der Waals surface area contributed by atoms with Gasteiger partial charge in [-0.1, -0.05) is 12.2 Å². The summed E-state index contributed by atoms with van der Waals surface area (Å²) >= 11 is 0. The number of nitrogens with zero attached hydrogens (tertiary/aromatic N) is 2. The van der Waals surface area contributed by atoms with E-state index in [2.05, 4.69) is 22.6 Å². The Morgan fingerprint density at radius 3 is 2.17 bits per heavy atom. The number of hydrogen-bond donors (Lipinski definition) is 1. The minimum Gasteiger partial charge on any atom is -0.272 e. The Hall–Kier alpha value is -2.50. The van der Waals surface area contributed by atoms with Crippen molar-refractivity contribution in [1.82, 2.24) is 15.4 Å². The van der Waals surface area contributed by atoms with E-state index >= 15 is 0 Å². The lowest BCUT2D eigenvalue weighted by Crippen LogP contribution is -2.46. The summed E-state index contributed by atoms with van der Waals surface area (Å²) in [4.78, 5) is 41.5. The van der Waals surface area contributed by atoms with Crippen molar-refractivity contribution in [3.8, 4) is 0 Å². The van der Waals surface area contributed by atoms with Gasteiger partial charge in [-0.2, -0.15) is 5.01 Å². The van der Waals surface area contributed by atoms with Gasteiger partial charge < -0.3 is 0 Å². The molecule has 6 nitrogen and oxygen atoms in total. The number of pyridine rings is 1. The van der Waals surface area contributed by atoms with Crippen LogP contribution in [0.4, 0.5) is 0 Å². The first-order chi connectivity index (χ1) is 11.2. The molecule has 3 fully saturated rings. The van der Waals surface area contributed by atoms with Crippen molar-refractivity contribution in [2.24, 2.45) is 35.5 Å². The molecule has 0 aromatic carbocycles. The quantitative estimate of drug-likeness (QED) is 0.647. The lowest BCUT2D eigenvalue weighted by atomic mass is 9.63. The van der Waals surface area contributed by atoms with Crippen molar-refractivity contribution in [2.45, 2.75) is 6.42 Å². The van der Waals surface area contributed by atoms with Crippen molar-refractivity contribution in [3.05, 3.63) is 42.2 Å². The number of nitrogens with one attached hydrogen (secondary N) is 1. The number of carbonyl (C=O) groups excluding carboxylic acids is 3. The average Bonchev–Trinajstić information content (AvgIpc) is 3.37. The summed E-state index contributed by atoms with van der Waals surface area (Å²) in [5, 5.41) is 0.954. The van der Waals surface area contributed by atoms with E-state index in [4.69, 9.17) is 0 Å². The van der Waals surface area contributed by atoms with E-state index in [1.807, 2.05) is 0 Å². The molecule has 2 saturated carbocycles. The van der Waals surface area contributed by atoms with Gasteiger partial charge in [0.1, 0.15) is 0 Å². The predicted octanol–water partition coefficient (Wildman–Crippen LogP) is 0.779. The molecule has 4 aliphatic carbocycles. The molecule has 1 aromatic heterocycles. The van der Waals surface area contributed by atoms with Gasteiger partial charge in [0.05, 0.1) is 11.8 Å². The monoisotopic (exact) mass is 309 g/mol. The second kappa shape index (κ2) is 4.28. The number of imide groups is 1. The summed E-state index contributed by atoms with van der Waals surface area (Å²) in [5.41, 5.74) is 2.86. The molecule has 5 aliphatic rings. The summed E-state index contributed by atoms with van der Waals surface area (Å²) in [7, 11) is 0. The topological polar surface area (TPSA) is 79.4 Å². The van der Waals surface area contributed by atoms with Gasteiger partial charge in [0.25, 0.3) is 17.7 Å². The van der Waals surface area contributed by atoms with Crippen molar-refractivity contribution in [3.63, 3.8) is 0 Å². The molecule has 2 heterocycles. The van der Waals surface area contributed by atoms with Gasteiger partial charge in [-0.25, -0.2) is 0 Å². The average molecular weight is 309 g/mol. The third kappa shape index (κ3) is 1.63. The molecule has 6 rings (SSSR count). The van der Waals surface area contributed by atoms with E-state index < -0.39 is 5.91 Å². The Morgan fingerprint density at radius 1 is 1.04 bits per heavy atom. The molecular weight excluding hydrogens is 294 g/mol. The Labute approximate surface area is 132 Å². The first-order valence-corrected chi connectivity index (χ1v) is 7.94. The van der Waals surface area contributed by atoms with Crippen molar-refractivity contribution in [2.75, 3.05) is 0 Å². The van der Waals surface area contributed by atoms with Crippen molar-refractivity contribution >= 4 is 17.7 Å². The van der Waals surface area contributed by atoms with Crippen LogP contribution in [0.25, 0.3) is 0 Å².